The van der Waals surface area contributed by atoms with Crippen molar-refractivity contribution in [2.45, 2.75) is 65.2 Å². The van der Waals surface area contributed by atoms with Crippen molar-refractivity contribution in [3.8, 4) is 0 Å². The molecule has 2 heterocycles. The summed E-state index contributed by atoms with van der Waals surface area (Å²) in [6.07, 6.45) is 9.85. The van der Waals surface area contributed by atoms with Gasteiger partial charge >= 0.3 is 0 Å². The van der Waals surface area contributed by atoms with Crippen LogP contribution in [0, 0.1) is 11.8 Å². The van der Waals surface area contributed by atoms with Crippen molar-refractivity contribution in [2.24, 2.45) is 11.8 Å². The van der Waals surface area contributed by atoms with Crippen LogP contribution in [0.4, 0.5) is 22.7 Å². The van der Waals surface area contributed by atoms with Crippen molar-refractivity contribution >= 4 is 22.7 Å². The summed E-state index contributed by atoms with van der Waals surface area (Å²) >= 11 is 0. The van der Waals surface area contributed by atoms with Crippen LogP contribution in [0.1, 0.15) is 63.5 Å². The fraction of sp³-hybridized carbons (Fsp3) is 0.571. The van der Waals surface area contributed by atoms with Crippen LogP contribution in [0.3, 0.4) is 0 Å². The number of nitrogens with zero attached hydrogens (tertiary/aromatic N) is 2. The number of hydrogen-bond donors (Lipinski definition) is 2. The van der Waals surface area contributed by atoms with E-state index in [1.54, 1.807) is 0 Å². The fourth-order valence-electron chi connectivity index (χ4n) is 5.99. The summed E-state index contributed by atoms with van der Waals surface area (Å²) in [5.74, 6) is 1.75. The topological polar surface area (TPSA) is 58.5 Å². The monoisotopic (exact) mass is 434 g/mol. The second-order valence-electron chi connectivity index (χ2n) is 9.93. The first-order chi connectivity index (χ1) is 15.6. The van der Waals surface area contributed by atoms with Gasteiger partial charge < -0.3 is 21.3 Å². The largest absolute Gasteiger partial charge is 0.399 e. The minimum atomic E-state index is 0.873. The summed E-state index contributed by atoms with van der Waals surface area (Å²) in [7, 11) is 0. The highest BCUT2D eigenvalue weighted by molar-refractivity contribution is 5.61. The smallest absolute Gasteiger partial charge is 0.0400 e. The highest BCUT2D eigenvalue weighted by Crippen LogP contribution is 2.37. The third-order valence-corrected chi connectivity index (χ3v) is 7.67. The summed E-state index contributed by atoms with van der Waals surface area (Å²) in [6.45, 7) is 9.24. The average molecular weight is 435 g/mol. The van der Waals surface area contributed by atoms with Crippen LogP contribution in [0.15, 0.2) is 36.4 Å². The zero-order valence-electron chi connectivity index (χ0n) is 20.2. The van der Waals surface area contributed by atoms with Crippen molar-refractivity contribution in [3.63, 3.8) is 0 Å². The SMILES string of the molecule is CCCc1cc(N)ccc1N1CCC(C2CCN(c3ccc(N)cc3CCC)CC2)CC1. The summed E-state index contributed by atoms with van der Waals surface area (Å²) in [5.41, 5.74) is 19.6. The summed E-state index contributed by atoms with van der Waals surface area (Å²) < 4.78 is 0. The lowest BCUT2D eigenvalue weighted by molar-refractivity contribution is 0.233. The van der Waals surface area contributed by atoms with Crippen LogP contribution in [0.2, 0.25) is 0 Å². The maximum absolute atomic E-state index is 6.06. The molecule has 4 N–H and O–H groups in total. The number of rotatable bonds is 7. The molecule has 0 saturated carbocycles. The zero-order valence-corrected chi connectivity index (χ0v) is 20.2. The number of piperidine rings is 2. The van der Waals surface area contributed by atoms with Gasteiger partial charge in [0.1, 0.15) is 0 Å². The first kappa shape index (κ1) is 22.8. The predicted octanol–water partition coefficient (Wildman–Crippen LogP) is 5.89. The Labute approximate surface area is 195 Å². The molecule has 0 spiro atoms. The van der Waals surface area contributed by atoms with E-state index in [9.17, 15) is 0 Å². The van der Waals surface area contributed by atoms with E-state index in [0.717, 1.165) is 36.1 Å². The molecule has 0 bridgehead atoms. The van der Waals surface area contributed by atoms with Gasteiger partial charge in [0.2, 0.25) is 0 Å². The number of anilines is 4. The van der Waals surface area contributed by atoms with Crippen LogP contribution >= 0.6 is 0 Å². The lowest BCUT2D eigenvalue weighted by Gasteiger charge is -2.42. The predicted molar refractivity (Wildman–Crippen MR) is 140 cm³/mol. The van der Waals surface area contributed by atoms with Gasteiger partial charge in [0.25, 0.3) is 0 Å². The number of benzene rings is 2. The second kappa shape index (κ2) is 10.5. The molecule has 174 valence electrons. The number of hydrogen-bond acceptors (Lipinski definition) is 4. The number of nitrogens with two attached hydrogens (primary N) is 2. The minimum Gasteiger partial charge on any atom is -0.399 e. The third kappa shape index (κ3) is 5.16. The van der Waals surface area contributed by atoms with Crippen LogP contribution in [0.25, 0.3) is 0 Å². The molecule has 0 unspecified atom stereocenters. The molecule has 2 aromatic rings. The maximum Gasteiger partial charge on any atom is 0.0400 e. The van der Waals surface area contributed by atoms with Gasteiger partial charge in [-0.25, -0.2) is 0 Å². The third-order valence-electron chi connectivity index (χ3n) is 7.67. The Bertz CT molecular complexity index is 803. The first-order valence-electron chi connectivity index (χ1n) is 12.9. The summed E-state index contributed by atoms with van der Waals surface area (Å²) in [5, 5.41) is 0. The molecule has 0 atom stereocenters. The van der Waals surface area contributed by atoms with Gasteiger partial charge in [-0.15, -0.1) is 0 Å². The number of aryl methyl sites for hydroxylation is 2. The van der Waals surface area contributed by atoms with E-state index in [0.29, 0.717) is 0 Å². The molecule has 4 nitrogen and oxygen atoms in total. The molecule has 2 saturated heterocycles. The van der Waals surface area contributed by atoms with Crippen molar-refractivity contribution in [1.29, 1.82) is 0 Å². The minimum absolute atomic E-state index is 0.873. The van der Waals surface area contributed by atoms with Gasteiger partial charge in [-0.2, -0.15) is 0 Å². The van der Waals surface area contributed by atoms with Gasteiger partial charge in [-0.05, 0) is 97.9 Å². The van der Waals surface area contributed by atoms with Crippen molar-refractivity contribution in [3.05, 3.63) is 47.5 Å². The van der Waals surface area contributed by atoms with Crippen LogP contribution in [-0.4, -0.2) is 26.2 Å². The first-order valence-corrected chi connectivity index (χ1v) is 12.9. The summed E-state index contributed by atoms with van der Waals surface area (Å²) in [4.78, 5) is 5.23. The molecule has 2 fully saturated rings. The van der Waals surface area contributed by atoms with Gasteiger partial charge in [0, 0.05) is 48.9 Å². The Morgan fingerprint density at radius 2 is 1.03 bits per heavy atom. The Balaban J connectivity index is 1.33. The highest BCUT2D eigenvalue weighted by atomic mass is 15.1. The van der Waals surface area contributed by atoms with E-state index in [-0.39, 0.29) is 0 Å². The van der Waals surface area contributed by atoms with E-state index in [1.807, 2.05) is 0 Å². The molecule has 0 amide bonds. The molecule has 0 radical (unpaired) electrons. The van der Waals surface area contributed by atoms with Gasteiger partial charge in [-0.1, -0.05) is 26.7 Å². The lowest BCUT2D eigenvalue weighted by Crippen LogP contribution is -2.41. The Kier molecular flexibility index (Phi) is 7.49. The van der Waals surface area contributed by atoms with Crippen molar-refractivity contribution in [2.75, 3.05) is 47.4 Å². The Morgan fingerprint density at radius 1 is 0.656 bits per heavy atom. The molecule has 2 aromatic carbocycles. The van der Waals surface area contributed by atoms with E-state index >= 15 is 0 Å². The van der Waals surface area contributed by atoms with Gasteiger partial charge in [-0.3, -0.25) is 0 Å². The van der Waals surface area contributed by atoms with E-state index in [4.69, 9.17) is 11.5 Å². The zero-order chi connectivity index (χ0) is 22.5. The van der Waals surface area contributed by atoms with Gasteiger partial charge in [0.15, 0.2) is 0 Å². The van der Waals surface area contributed by atoms with Gasteiger partial charge in [0.05, 0.1) is 0 Å². The molecule has 0 aromatic heterocycles. The standard InChI is InChI=1S/C28H42N4/c1-3-5-23-19-25(29)7-9-27(23)31-15-11-21(12-16-31)22-13-17-32(18-14-22)28-10-8-26(30)20-24(28)6-4-2/h7-10,19-22H,3-6,11-18,29-30H2,1-2H3. The molecule has 4 rings (SSSR count). The second-order valence-corrected chi connectivity index (χ2v) is 9.93. The van der Waals surface area contributed by atoms with Crippen LogP contribution in [-0.2, 0) is 12.8 Å². The molecular weight excluding hydrogens is 392 g/mol. The van der Waals surface area contributed by atoms with Crippen LogP contribution in [0.5, 0.6) is 0 Å². The fourth-order valence-corrected chi connectivity index (χ4v) is 5.99. The molecular formula is C28H42N4. The van der Waals surface area contributed by atoms with Crippen LogP contribution < -0.4 is 21.3 Å². The highest BCUT2D eigenvalue weighted by Gasteiger charge is 2.30. The molecule has 32 heavy (non-hydrogen) atoms. The van der Waals surface area contributed by atoms with Crippen molar-refractivity contribution < 1.29 is 0 Å². The molecule has 4 heteroatoms. The number of nitrogen functional groups attached to an aromatic ring is 2. The lowest BCUT2D eigenvalue weighted by atomic mass is 9.78. The Morgan fingerprint density at radius 3 is 1.38 bits per heavy atom. The molecule has 0 aliphatic carbocycles. The van der Waals surface area contributed by atoms with Crippen molar-refractivity contribution in [1.82, 2.24) is 0 Å². The molecule has 2 aliphatic heterocycles. The normalized spacial score (nSPS) is 18.3. The Hall–Kier alpha value is -2.36. The maximum atomic E-state index is 6.06. The van der Waals surface area contributed by atoms with E-state index in [2.05, 4.69) is 60.0 Å². The molecule has 2 aliphatic rings. The average Bonchev–Trinajstić information content (AvgIpc) is 2.80. The summed E-state index contributed by atoms with van der Waals surface area (Å²) in [6, 6.07) is 13.0. The van der Waals surface area contributed by atoms with E-state index < -0.39 is 0 Å². The quantitative estimate of drug-likeness (QED) is 0.534. The van der Waals surface area contributed by atoms with E-state index in [1.165, 1.54) is 87.2 Å².